The van der Waals surface area contributed by atoms with E-state index in [0.29, 0.717) is 5.76 Å². The van der Waals surface area contributed by atoms with Gasteiger partial charge >= 0.3 is 0 Å². The van der Waals surface area contributed by atoms with Crippen molar-refractivity contribution in [3.05, 3.63) is 16.9 Å². The van der Waals surface area contributed by atoms with Crippen molar-refractivity contribution in [2.45, 2.75) is 13.8 Å². The normalized spacial score (nSPS) is 9.76. The van der Waals surface area contributed by atoms with E-state index in [-0.39, 0.29) is 29.4 Å². The Labute approximate surface area is 98.2 Å². The van der Waals surface area contributed by atoms with E-state index < -0.39 is 5.91 Å². The summed E-state index contributed by atoms with van der Waals surface area (Å²) in [5.74, 6) is -0.443. The third kappa shape index (κ3) is 2.71. The number of anilines is 1. The Balaban J connectivity index is 3.10. The first-order valence-corrected chi connectivity index (χ1v) is 4.84. The van der Waals surface area contributed by atoms with Crippen LogP contribution < -0.4 is 5.32 Å². The summed E-state index contributed by atoms with van der Waals surface area (Å²) in [5.41, 5.74) is 0.236. The molecule has 0 saturated carbocycles. The highest BCUT2D eigenvalue weighted by Crippen LogP contribution is 2.26. The lowest BCUT2D eigenvalue weighted by atomic mass is 10.1. The van der Waals surface area contributed by atoms with Gasteiger partial charge < -0.3 is 9.15 Å². The van der Waals surface area contributed by atoms with Crippen molar-refractivity contribution < 1.29 is 18.7 Å². The van der Waals surface area contributed by atoms with Crippen LogP contribution in [0.2, 0.25) is 0 Å². The maximum absolute atomic E-state index is 11.3. The number of methoxy groups -OCH3 is 1. The molecule has 6 nitrogen and oxygen atoms in total. The van der Waals surface area contributed by atoms with E-state index in [9.17, 15) is 9.59 Å². The van der Waals surface area contributed by atoms with Crippen LogP contribution in [0.4, 0.5) is 5.88 Å². The number of nitriles is 1. The molecule has 0 aromatic carbocycles. The minimum atomic E-state index is -0.451. The van der Waals surface area contributed by atoms with Crippen LogP contribution in [-0.2, 0) is 9.53 Å². The number of Topliss-reactive ketones (excluding diaryl/α,β-unsaturated/α-hetero) is 1. The Bertz CT molecular complexity index is 496. The highest BCUT2D eigenvalue weighted by atomic mass is 16.5. The highest BCUT2D eigenvalue weighted by molar-refractivity contribution is 6.01. The molecule has 0 radical (unpaired) electrons. The summed E-state index contributed by atoms with van der Waals surface area (Å²) in [5, 5.41) is 11.3. The van der Waals surface area contributed by atoms with Crippen molar-refractivity contribution in [3.63, 3.8) is 0 Å². The van der Waals surface area contributed by atoms with Crippen LogP contribution >= 0.6 is 0 Å². The SMILES string of the molecule is COCC(=O)Nc1oc(C)c(C(C)=O)c1C#N. The van der Waals surface area contributed by atoms with Gasteiger partial charge in [0.05, 0.1) is 5.56 Å². The third-order valence-corrected chi connectivity index (χ3v) is 2.08. The number of hydrogen-bond donors (Lipinski definition) is 1. The van der Waals surface area contributed by atoms with Gasteiger partial charge in [0.25, 0.3) is 5.91 Å². The van der Waals surface area contributed by atoms with Crippen LogP contribution in [0.15, 0.2) is 4.42 Å². The number of ketones is 1. The number of ether oxygens (including phenoxy) is 1. The minimum Gasteiger partial charge on any atom is -0.443 e. The van der Waals surface area contributed by atoms with Gasteiger partial charge in [0.1, 0.15) is 24.0 Å². The van der Waals surface area contributed by atoms with Crippen LogP contribution in [0.5, 0.6) is 0 Å². The van der Waals surface area contributed by atoms with Crippen molar-refractivity contribution in [2.24, 2.45) is 0 Å². The van der Waals surface area contributed by atoms with Crippen molar-refractivity contribution in [1.82, 2.24) is 0 Å². The van der Waals surface area contributed by atoms with E-state index in [0.717, 1.165) is 0 Å². The maximum Gasteiger partial charge on any atom is 0.252 e. The monoisotopic (exact) mass is 236 g/mol. The predicted octanol–water partition coefficient (Wildman–Crippen LogP) is 1.25. The number of carbonyl (C=O) groups is 2. The zero-order chi connectivity index (χ0) is 13.0. The molecule has 0 spiro atoms. The summed E-state index contributed by atoms with van der Waals surface area (Å²) >= 11 is 0. The lowest BCUT2D eigenvalue weighted by Crippen LogP contribution is -2.17. The van der Waals surface area contributed by atoms with Gasteiger partial charge in [-0.3, -0.25) is 14.9 Å². The largest absolute Gasteiger partial charge is 0.443 e. The molecule has 1 N–H and O–H groups in total. The van der Waals surface area contributed by atoms with Crippen LogP contribution in [0.25, 0.3) is 0 Å². The second-order valence-electron chi connectivity index (χ2n) is 3.39. The van der Waals surface area contributed by atoms with E-state index in [4.69, 9.17) is 9.68 Å². The molecular formula is C11H12N2O4. The molecule has 17 heavy (non-hydrogen) atoms. The second-order valence-corrected chi connectivity index (χ2v) is 3.39. The average molecular weight is 236 g/mol. The van der Waals surface area contributed by atoms with Gasteiger partial charge in [0, 0.05) is 7.11 Å². The summed E-state index contributed by atoms with van der Waals surface area (Å²) in [6.07, 6.45) is 0. The number of rotatable bonds is 4. The number of hydrogen-bond acceptors (Lipinski definition) is 5. The second kappa shape index (κ2) is 5.27. The van der Waals surface area contributed by atoms with Gasteiger partial charge in [-0.15, -0.1) is 0 Å². The van der Waals surface area contributed by atoms with E-state index in [1.807, 2.05) is 6.07 Å². The van der Waals surface area contributed by atoms with Crippen LogP contribution in [-0.4, -0.2) is 25.4 Å². The average Bonchev–Trinajstić information content (AvgIpc) is 2.54. The molecule has 6 heteroatoms. The van der Waals surface area contributed by atoms with Crippen molar-refractivity contribution in [2.75, 3.05) is 19.0 Å². The number of aryl methyl sites for hydroxylation is 1. The standard InChI is InChI=1S/C11H12N2O4/c1-6(14)10-7(2)17-11(8(10)4-12)13-9(15)5-16-3/h5H2,1-3H3,(H,13,15). The first kappa shape index (κ1) is 12.9. The molecule has 0 fully saturated rings. The maximum atomic E-state index is 11.3. The van der Waals surface area contributed by atoms with Crippen LogP contribution in [0, 0.1) is 18.3 Å². The van der Waals surface area contributed by atoms with Crippen molar-refractivity contribution in [1.29, 1.82) is 5.26 Å². The molecule has 1 rings (SSSR count). The lowest BCUT2D eigenvalue weighted by Gasteiger charge is -2.00. The number of carbonyl (C=O) groups excluding carboxylic acids is 2. The first-order chi connectivity index (χ1) is 8.01. The molecule has 1 aromatic heterocycles. The Morgan fingerprint density at radius 3 is 2.65 bits per heavy atom. The molecule has 90 valence electrons. The topological polar surface area (TPSA) is 92.3 Å². The molecule has 1 heterocycles. The van der Waals surface area contributed by atoms with Gasteiger partial charge in [-0.1, -0.05) is 0 Å². The predicted molar refractivity (Wildman–Crippen MR) is 58.7 cm³/mol. The van der Waals surface area contributed by atoms with E-state index in [1.54, 1.807) is 6.92 Å². The first-order valence-electron chi connectivity index (χ1n) is 4.84. The molecule has 0 saturated heterocycles. The van der Waals surface area contributed by atoms with E-state index in [1.165, 1.54) is 14.0 Å². The number of furan rings is 1. The van der Waals surface area contributed by atoms with E-state index in [2.05, 4.69) is 10.1 Å². The fourth-order valence-electron chi connectivity index (χ4n) is 1.46. The quantitative estimate of drug-likeness (QED) is 0.794. The van der Waals surface area contributed by atoms with Crippen molar-refractivity contribution >= 4 is 17.6 Å². The zero-order valence-electron chi connectivity index (χ0n) is 9.79. The Morgan fingerprint density at radius 2 is 2.18 bits per heavy atom. The fourth-order valence-corrected chi connectivity index (χ4v) is 1.46. The van der Waals surface area contributed by atoms with Gasteiger partial charge in [-0.25, -0.2) is 0 Å². The summed E-state index contributed by atoms with van der Waals surface area (Å²) in [7, 11) is 1.37. The number of nitrogens with zero attached hydrogens (tertiary/aromatic N) is 1. The number of nitrogens with one attached hydrogen (secondary N) is 1. The molecule has 1 aromatic rings. The van der Waals surface area contributed by atoms with Crippen LogP contribution in [0.3, 0.4) is 0 Å². The third-order valence-electron chi connectivity index (χ3n) is 2.08. The molecule has 0 unspecified atom stereocenters. The number of amides is 1. The minimum absolute atomic E-state index is 0.0164. The summed E-state index contributed by atoms with van der Waals surface area (Å²) in [4.78, 5) is 22.6. The Morgan fingerprint density at radius 1 is 1.53 bits per heavy atom. The molecule has 0 aliphatic carbocycles. The Kier molecular flexibility index (Phi) is 4.01. The van der Waals surface area contributed by atoms with Gasteiger partial charge in [-0.2, -0.15) is 5.26 Å². The highest BCUT2D eigenvalue weighted by Gasteiger charge is 2.22. The lowest BCUT2D eigenvalue weighted by molar-refractivity contribution is -0.119. The molecule has 0 aliphatic rings. The molecule has 0 atom stereocenters. The fraction of sp³-hybridized carbons (Fsp3) is 0.364. The summed E-state index contributed by atoms with van der Waals surface area (Å²) in [6.45, 7) is 2.74. The Hall–Kier alpha value is -2.13. The van der Waals surface area contributed by atoms with Crippen LogP contribution in [0.1, 0.15) is 28.6 Å². The van der Waals surface area contributed by atoms with Crippen molar-refractivity contribution in [3.8, 4) is 6.07 Å². The van der Waals surface area contributed by atoms with Gasteiger partial charge in [0.15, 0.2) is 5.78 Å². The van der Waals surface area contributed by atoms with Gasteiger partial charge in [-0.05, 0) is 13.8 Å². The molecule has 0 aliphatic heterocycles. The molecule has 0 bridgehead atoms. The summed E-state index contributed by atoms with van der Waals surface area (Å²) in [6, 6.07) is 1.84. The summed E-state index contributed by atoms with van der Waals surface area (Å²) < 4.78 is 9.81. The van der Waals surface area contributed by atoms with Gasteiger partial charge in [0.2, 0.25) is 5.88 Å². The molecular weight excluding hydrogens is 224 g/mol. The molecule has 1 amide bonds. The smallest absolute Gasteiger partial charge is 0.252 e. The van der Waals surface area contributed by atoms with E-state index >= 15 is 0 Å². The zero-order valence-corrected chi connectivity index (χ0v) is 9.79.